The van der Waals surface area contributed by atoms with E-state index >= 15 is 0 Å². The molecule has 2 rings (SSSR count). The van der Waals surface area contributed by atoms with Crippen molar-refractivity contribution in [2.24, 2.45) is 5.73 Å². The maximum absolute atomic E-state index is 6.16. The van der Waals surface area contributed by atoms with Gasteiger partial charge in [0.2, 0.25) is 0 Å². The van der Waals surface area contributed by atoms with Crippen molar-refractivity contribution in [3.8, 4) is 0 Å². The lowest BCUT2D eigenvalue weighted by molar-refractivity contribution is 0.466. The monoisotopic (exact) mass is 229 g/mol. The van der Waals surface area contributed by atoms with Crippen LogP contribution in [0.25, 0.3) is 0 Å². The van der Waals surface area contributed by atoms with Crippen LogP contribution in [0, 0.1) is 6.92 Å². The molecule has 1 aromatic heterocycles. The molecular weight excluding hydrogens is 210 g/mol. The largest absolute Gasteiger partial charge is 0.464 e. The Morgan fingerprint density at radius 1 is 0.941 bits per heavy atom. The molecule has 1 unspecified atom stereocenters. The number of hydrogen-bond acceptors (Lipinski definition) is 2. The quantitative estimate of drug-likeness (QED) is 0.870. The van der Waals surface area contributed by atoms with Gasteiger partial charge in [-0.05, 0) is 36.1 Å². The van der Waals surface area contributed by atoms with Crippen molar-refractivity contribution in [2.75, 3.05) is 0 Å². The van der Waals surface area contributed by atoms with Gasteiger partial charge in [-0.2, -0.15) is 0 Å². The number of furan rings is 1. The molecule has 0 radical (unpaired) electrons. The van der Waals surface area contributed by atoms with Gasteiger partial charge < -0.3 is 10.2 Å². The van der Waals surface area contributed by atoms with E-state index in [1.807, 2.05) is 19.1 Å². The van der Waals surface area contributed by atoms with Gasteiger partial charge in [-0.3, -0.25) is 0 Å². The average molecular weight is 229 g/mol. The van der Waals surface area contributed by atoms with Crippen LogP contribution in [0.3, 0.4) is 0 Å². The zero-order chi connectivity index (χ0) is 12.4. The third-order valence-corrected chi connectivity index (χ3v) is 3.03. The minimum Gasteiger partial charge on any atom is -0.464 e. The molecule has 0 amide bonds. The van der Waals surface area contributed by atoms with Gasteiger partial charge in [-0.1, -0.05) is 38.1 Å². The SMILES string of the molecule is Cc1ccc(C(N)c2ccc(C(C)C)cc2)o1. The minimum atomic E-state index is -0.176. The Labute approximate surface area is 102 Å². The van der Waals surface area contributed by atoms with E-state index in [-0.39, 0.29) is 6.04 Å². The zero-order valence-electron chi connectivity index (χ0n) is 10.6. The maximum Gasteiger partial charge on any atom is 0.125 e. The van der Waals surface area contributed by atoms with Crippen LogP contribution in [0.4, 0.5) is 0 Å². The van der Waals surface area contributed by atoms with E-state index in [1.54, 1.807) is 0 Å². The molecule has 2 nitrogen and oxygen atoms in total. The Balaban J connectivity index is 2.22. The Bertz CT molecular complexity index is 482. The second-order valence-electron chi connectivity index (χ2n) is 4.75. The summed E-state index contributed by atoms with van der Waals surface area (Å²) in [6, 6.07) is 12.1. The fraction of sp³-hybridized carbons (Fsp3) is 0.333. The lowest BCUT2D eigenvalue weighted by Crippen LogP contribution is -2.10. The second kappa shape index (κ2) is 4.76. The summed E-state index contributed by atoms with van der Waals surface area (Å²) >= 11 is 0. The van der Waals surface area contributed by atoms with E-state index in [2.05, 4.69) is 38.1 Å². The molecule has 0 saturated carbocycles. The highest BCUT2D eigenvalue weighted by molar-refractivity contribution is 5.30. The molecule has 0 fully saturated rings. The molecule has 0 saturated heterocycles. The first-order valence-corrected chi connectivity index (χ1v) is 5.99. The normalized spacial score (nSPS) is 13.0. The number of rotatable bonds is 3. The highest BCUT2D eigenvalue weighted by atomic mass is 16.3. The predicted molar refractivity (Wildman–Crippen MR) is 70.0 cm³/mol. The van der Waals surface area contributed by atoms with Crippen LogP contribution in [0.15, 0.2) is 40.8 Å². The molecule has 0 spiro atoms. The van der Waals surface area contributed by atoms with Crippen LogP contribution in [0.1, 0.15) is 48.5 Å². The van der Waals surface area contributed by atoms with Crippen molar-refractivity contribution in [1.29, 1.82) is 0 Å². The Kier molecular flexibility index (Phi) is 3.34. The van der Waals surface area contributed by atoms with E-state index in [9.17, 15) is 0 Å². The van der Waals surface area contributed by atoms with E-state index in [0.29, 0.717) is 5.92 Å². The van der Waals surface area contributed by atoms with Crippen LogP contribution in [0.2, 0.25) is 0 Å². The molecule has 0 aliphatic carbocycles. The van der Waals surface area contributed by atoms with Crippen LogP contribution in [-0.2, 0) is 0 Å². The van der Waals surface area contributed by atoms with E-state index in [0.717, 1.165) is 17.1 Å². The van der Waals surface area contributed by atoms with Crippen molar-refractivity contribution in [1.82, 2.24) is 0 Å². The minimum absolute atomic E-state index is 0.176. The highest BCUT2D eigenvalue weighted by Crippen LogP contribution is 2.23. The molecule has 1 atom stereocenters. The van der Waals surface area contributed by atoms with Crippen molar-refractivity contribution in [3.63, 3.8) is 0 Å². The van der Waals surface area contributed by atoms with Gasteiger partial charge in [-0.15, -0.1) is 0 Å². The summed E-state index contributed by atoms with van der Waals surface area (Å²) in [5, 5.41) is 0. The topological polar surface area (TPSA) is 39.2 Å². The Morgan fingerprint density at radius 2 is 1.53 bits per heavy atom. The second-order valence-corrected chi connectivity index (χ2v) is 4.75. The lowest BCUT2D eigenvalue weighted by Gasteiger charge is -2.11. The summed E-state index contributed by atoms with van der Waals surface area (Å²) in [4.78, 5) is 0. The van der Waals surface area contributed by atoms with Gasteiger partial charge in [0, 0.05) is 0 Å². The number of hydrogen-bond donors (Lipinski definition) is 1. The zero-order valence-corrected chi connectivity index (χ0v) is 10.6. The van der Waals surface area contributed by atoms with Gasteiger partial charge in [0.15, 0.2) is 0 Å². The third-order valence-electron chi connectivity index (χ3n) is 3.03. The molecule has 2 aromatic rings. The van der Waals surface area contributed by atoms with Crippen molar-refractivity contribution in [2.45, 2.75) is 32.7 Å². The molecule has 90 valence electrons. The average Bonchev–Trinajstić information content (AvgIpc) is 2.75. The highest BCUT2D eigenvalue weighted by Gasteiger charge is 2.12. The summed E-state index contributed by atoms with van der Waals surface area (Å²) in [7, 11) is 0. The molecule has 1 heterocycles. The molecule has 0 aliphatic rings. The summed E-state index contributed by atoms with van der Waals surface area (Å²) < 4.78 is 5.55. The number of benzene rings is 1. The number of aryl methyl sites for hydroxylation is 1. The van der Waals surface area contributed by atoms with E-state index < -0.39 is 0 Å². The number of nitrogens with two attached hydrogens (primary N) is 1. The Morgan fingerprint density at radius 3 is 2.00 bits per heavy atom. The first-order valence-electron chi connectivity index (χ1n) is 5.99. The van der Waals surface area contributed by atoms with E-state index in [1.165, 1.54) is 5.56 Å². The molecule has 17 heavy (non-hydrogen) atoms. The molecular formula is C15H19NO. The van der Waals surface area contributed by atoms with Crippen molar-refractivity contribution < 1.29 is 4.42 Å². The van der Waals surface area contributed by atoms with Gasteiger partial charge in [-0.25, -0.2) is 0 Å². The van der Waals surface area contributed by atoms with Gasteiger partial charge in [0.05, 0.1) is 6.04 Å². The van der Waals surface area contributed by atoms with Crippen LogP contribution < -0.4 is 5.73 Å². The molecule has 0 bridgehead atoms. The van der Waals surface area contributed by atoms with Crippen LogP contribution in [0.5, 0.6) is 0 Å². The summed E-state index contributed by atoms with van der Waals surface area (Å²) in [6.07, 6.45) is 0. The maximum atomic E-state index is 6.16. The first-order chi connectivity index (χ1) is 8.08. The molecule has 2 N–H and O–H groups in total. The van der Waals surface area contributed by atoms with E-state index in [4.69, 9.17) is 10.2 Å². The van der Waals surface area contributed by atoms with Gasteiger partial charge in [0.1, 0.15) is 11.5 Å². The van der Waals surface area contributed by atoms with Crippen molar-refractivity contribution in [3.05, 3.63) is 59.0 Å². The third kappa shape index (κ3) is 2.59. The summed E-state index contributed by atoms with van der Waals surface area (Å²) in [6.45, 7) is 6.30. The molecule has 0 aliphatic heterocycles. The standard InChI is InChI=1S/C15H19NO/c1-10(2)12-5-7-13(8-6-12)15(16)14-9-4-11(3)17-14/h4-10,15H,16H2,1-3H3. The Hall–Kier alpha value is -1.54. The van der Waals surface area contributed by atoms with Gasteiger partial charge in [0.25, 0.3) is 0 Å². The molecule has 2 heteroatoms. The fourth-order valence-corrected chi connectivity index (χ4v) is 1.87. The fourth-order valence-electron chi connectivity index (χ4n) is 1.87. The van der Waals surface area contributed by atoms with Crippen LogP contribution >= 0.6 is 0 Å². The van der Waals surface area contributed by atoms with Crippen LogP contribution in [-0.4, -0.2) is 0 Å². The smallest absolute Gasteiger partial charge is 0.125 e. The first kappa shape index (κ1) is 11.9. The summed E-state index contributed by atoms with van der Waals surface area (Å²) in [5.41, 5.74) is 8.58. The predicted octanol–water partition coefficient (Wildman–Crippen LogP) is 3.76. The van der Waals surface area contributed by atoms with Crippen molar-refractivity contribution >= 4 is 0 Å². The summed E-state index contributed by atoms with van der Waals surface area (Å²) in [5.74, 6) is 2.26. The van der Waals surface area contributed by atoms with Gasteiger partial charge >= 0.3 is 0 Å². The lowest BCUT2D eigenvalue weighted by atomic mass is 9.98. The molecule has 1 aromatic carbocycles.